The molecule has 4 N–H and O–H groups in total. The molecule has 8 heteroatoms. The first-order chi connectivity index (χ1) is 10.1. The zero-order chi connectivity index (χ0) is 15.0. The topological polar surface area (TPSA) is 95.8 Å². The summed E-state index contributed by atoms with van der Waals surface area (Å²) in [4.78, 5) is 10.9. The molecule has 7 nitrogen and oxygen atoms in total. The summed E-state index contributed by atoms with van der Waals surface area (Å²) in [5.41, 5.74) is 7.15. The van der Waals surface area contributed by atoms with Gasteiger partial charge in [-0.15, -0.1) is 0 Å². The molecule has 2 aromatic heterocycles. The van der Waals surface area contributed by atoms with E-state index in [4.69, 9.17) is 11.1 Å². The Balaban J connectivity index is 2.16. The number of nitrogens with zero attached hydrogens (tertiary/aromatic N) is 4. The van der Waals surface area contributed by atoms with Crippen LogP contribution < -0.4 is 21.4 Å². The number of hydrogen-bond acceptors (Lipinski definition) is 6. The average molecular weight is 350 g/mol. The Morgan fingerprint density at radius 3 is 2.95 bits per heavy atom. The van der Waals surface area contributed by atoms with E-state index in [2.05, 4.69) is 36.1 Å². The van der Waals surface area contributed by atoms with E-state index in [-0.39, 0.29) is 0 Å². The Morgan fingerprint density at radius 2 is 2.29 bits per heavy atom. The molecule has 3 heterocycles. The Bertz CT molecular complexity index is 761. The molecule has 0 spiro atoms. The van der Waals surface area contributed by atoms with Crippen molar-refractivity contribution in [2.45, 2.75) is 6.04 Å². The lowest BCUT2D eigenvalue weighted by Crippen LogP contribution is -2.58. The monoisotopic (exact) mass is 349 g/mol. The molecule has 1 fully saturated rings. The fraction of sp³-hybridized carbons (Fsp3) is 0.308. The molecule has 0 saturated carbocycles. The first-order valence-corrected chi connectivity index (χ1v) is 7.36. The fourth-order valence-electron chi connectivity index (χ4n) is 2.36. The van der Waals surface area contributed by atoms with Crippen molar-refractivity contribution in [3.05, 3.63) is 28.4 Å². The largest absolute Gasteiger partial charge is 0.403 e. The summed E-state index contributed by atoms with van der Waals surface area (Å²) in [6.45, 7) is 1.67. The Morgan fingerprint density at radius 1 is 1.52 bits per heavy atom. The van der Waals surface area contributed by atoms with Gasteiger partial charge in [0, 0.05) is 42.2 Å². The highest BCUT2D eigenvalue weighted by Gasteiger charge is 2.28. The van der Waals surface area contributed by atoms with E-state index in [0.29, 0.717) is 23.0 Å². The summed E-state index contributed by atoms with van der Waals surface area (Å²) in [7, 11) is 1.94. The minimum Gasteiger partial charge on any atom is -0.403 e. The molecule has 0 unspecified atom stereocenters. The molecule has 0 aliphatic carbocycles. The molecular formula is C13H16BrN7. The third-order valence-electron chi connectivity index (χ3n) is 3.56. The van der Waals surface area contributed by atoms with Crippen molar-refractivity contribution in [3.63, 3.8) is 0 Å². The number of rotatable bonds is 3. The zero-order valence-electron chi connectivity index (χ0n) is 11.5. The quantitative estimate of drug-likeness (QED) is 0.748. The van der Waals surface area contributed by atoms with Crippen LogP contribution in [0.3, 0.4) is 0 Å². The number of nitrogens with one attached hydrogen (secondary N) is 2. The molecule has 0 atom stereocenters. The summed E-state index contributed by atoms with van der Waals surface area (Å²) in [5, 5.41) is 11.6. The summed E-state index contributed by atoms with van der Waals surface area (Å²) in [5.74, 6) is 0.627. The van der Waals surface area contributed by atoms with Gasteiger partial charge in [-0.3, -0.25) is 9.98 Å². The number of aromatic nitrogens is 3. The third kappa shape index (κ3) is 2.40. The van der Waals surface area contributed by atoms with E-state index in [1.54, 1.807) is 17.0 Å². The van der Waals surface area contributed by atoms with E-state index in [1.165, 1.54) is 6.20 Å². The number of likely N-dealkylation sites (N-methyl/N-ethyl adjacent to an activating group) is 1. The highest BCUT2D eigenvalue weighted by atomic mass is 79.9. The summed E-state index contributed by atoms with van der Waals surface area (Å²) < 4.78 is 2.53. The van der Waals surface area contributed by atoms with Gasteiger partial charge >= 0.3 is 0 Å². The van der Waals surface area contributed by atoms with E-state index < -0.39 is 0 Å². The summed E-state index contributed by atoms with van der Waals surface area (Å²) in [6.07, 6.45) is 4.76. The van der Waals surface area contributed by atoms with Gasteiger partial charge in [0.25, 0.3) is 0 Å². The van der Waals surface area contributed by atoms with Crippen molar-refractivity contribution >= 4 is 39.1 Å². The lowest BCUT2D eigenvalue weighted by Gasteiger charge is -2.39. The maximum absolute atomic E-state index is 8.38. The van der Waals surface area contributed by atoms with Gasteiger partial charge in [0.2, 0.25) is 0 Å². The van der Waals surface area contributed by atoms with Gasteiger partial charge in [0.15, 0.2) is 17.0 Å². The van der Waals surface area contributed by atoms with Gasteiger partial charge in [0.05, 0.1) is 5.52 Å². The molecular weight excluding hydrogens is 334 g/mol. The molecule has 0 radical (unpaired) electrons. The highest BCUT2D eigenvalue weighted by molar-refractivity contribution is 9.10. The van der Waals surface area contributed by atoms with Gasteiger partial charge in [0.1, 0.15) is 0 Å². The summed E-state index contributed by atoms with van der Waals surface area (Å²) in [6, 6.07) is 2.32. The number of pyridine rings is 1. The highest BCUT2D eigenvalue weighted by Crippen LogP contribution is 2.20. The van der Waals surface area contributed by atoms with Crippen LogP contribution in [0.1, 0.15) is 0 Å². The molecule has 21 heavy (non-hydrogen) atoms. The standard InChI is InChI=1S/C13H16BrN7/c1-17-9-6-20(7-9)13-11(16)21(3-2-15)10-4-8(14)5-18-12(10)19-13/h2-5,9,16-17H,6-7,15H2,1H3/b3-2-,16-11?. The van der Waals surface area contributed by atoms with E-state index >= 15 is 0 Å². The maximum atomic E-state index is 8.38. The first kappa shape index (κ1) is 14.0. The van der Waals surface area contributed by atoms with Gasteiger partial charge in [-0.2, -0.15) is 0 Å². The van der Waals surface area contributed by atoms with Crippen molar-refractivity contribution in [1.82, 2.24) is 19.9 Å². The van der Waals surface area contributed by atoms with Crippen molar-refractivity contribution in [1.29, 1.82) is 5.41 Å². The Labute approximate surface area is 130 Å². The second-order valence-electron chi connectivity index (χ2n) is 4.88. The second-order valence-corrected chi connectivity index (χ2v) is 5.80. The second kappa shape index (κ2) is 5.45. The van der Waals surface area contributed by atoms with Crippen LogP contribution in [-0.2, 0) is 0 Å². The smallest absolute Gasteiger partial charge is 0.178 e. The number of nitrogens with two attached hydrogens (primary N) is 1. The molecule has 110 valence electrons. The predicted octanol–water partition coefficient (Wildman–Crippen LogP) is 0.468. The molecule has 1 saturated heterocycles. The van der Waals surface area contributed by atoms with Crippen LogP contribution in [0.2, 0.25) is 0 Å². The SMILES string of the molecule is CNC1CN(c2nc3ncc(Br)cc3n(/C=C\N)c2=N)C1. The normalized spacial score (nSPS) is 15.8. The zero-order valence-corrected chi connectivity index (χ0v) is 13.1. The maximum Gasteiger partial charge on any atom is 0.178 e. The third-order valence-corrected chi connectivity index (χ3v) is 4.00. The van der Waals surface area contributed by atoms with Gasteiger partial charge in [-0.05, 0) is 29.0 Å². The molecule has 2 aromatic rings. The van der Waals surface area contributed by atoms with E-state index in [1.807, 2.05) is 13.1 Å². The van der Waals surface area contributed by atoms with Crippen LogP contribution in [0.15, 0.2) is 22.9 Å². The van der Waals surface area contributed by atoms with Crippen molar-refractivity contribution in [2.24, 2.45) is 5.73 Å². The number of halogens is 1. The van der Waals surface area contributed by atoms with Crippen molar-refractivity contribution < 1.29 is 0 Å². The Kier molecular flexibility index (Phi) is 3.64. The molecule has 1 aliphatic rings. The lowest BCUT2D eigenvalue weighted by atomic mass is 10.1. The van der Waals surface area contributed by atoms with E-state index in [0.717, 1.165) is 23.1 Å². The van der Waals surface area contributed by atoms with Crippen LogP contribution in [-0.4, -0.2) is 40.7 Å². The van der Waals surface area contributed by atoms with Crippen LogP contribution in [0.5, 0.6) is 0 Å². The number of anilines is 1. The molecule has 3 rings (SSSR count). The predicted molar refractivity (Wildman–Crippen MR) is 85.7 cm³/mol. The summed E-state index contributed by atoms with van der Waals surface area (Å²) >= 11 is 3.39. The van der Waals surface area contributed by atoms with Gasteiger partial charge < -0.3 is 16.0 Å². The fourth-order valence-corrected chi connectivity index (χ4v) is 2.68. The van der Waals surface area contributed by atoms with Crippen LogP contribution >= 0.6 is 15.9 Å². The minimum absolute atomic E-state index is 0.304. The average Bonchev–Trinajstić information content (AvgIpc) is 2.42. The van der Waals surface area contributed by atoms with Crippen molar-refractivity contribution in [3.8, 4) is 0 Å². The molecule has 1 aliphatic heterocycles. The number of hydrogen-bond donors (Lipinski definition) is 3. The van der Waals surface area contributed by atoms with Crippen LogP contribution in [0.4, 0.5) is 5.82 Å². The lowest BCUT2D eigenvalue weighted by molar-refractivity contribution is 0.445. The van der Waals surface area contributed by atoms with Crippen molar-refractivity contribution in [2.75, 3.05) is 25.0 Å². The molecule has 0 bridgehead atoms. The van der Waals surface area contributed by atoms with Gasteiger partial charge in [-0.1, -0.05) is 0 Å². The minimum atomic E-state index is 0.304. The van der Waals surface area contributed by atoms with Crippen LogP contribution in [0, 0.1) is 5.41 Å². The molecule has 0 amide bonds. The van der Waals surface area contributed by atoms with Crippen LogP contribution in [0.25, 0.3) is 17.4 Å². The first-order valence-electron chi connectivity index (χ1n) is 6.57. The molecule has 0 aromatic carbocycles. The Hall–Kier alpha value is -1.93. The van der Waals surface area contributed by atoms with E-state index in [9.17, 15) is 0 Å². The van der Waals surface area contributed by atoms with Gasteiger partial charge in [-0.25, -0.2) is 9.97 Å². The number of fused-ring (bicyclic) bond motifs is 1.